The number of rotatable bonds is 5. The Kier molecular flexibility index (Phi) is 6.69. The molecule has 2 saturated heterocycles. The number of piperazine rings is 1. The van der Waals surface area contributed by atoms with Crippen LogP contribution in [0, 0.1) is 0 Å². The van der Waals surface area contributed by atoms with Gasteiger partial charge in [0.05, 0.1) is 23.8 Å². The molecule has 0 bridgehead atoms. The molecule has 2 aliphatic rings. The number of aromatic nitrogens is 1. The van der Waals surface area contributed by atoms with Gasteiger partial charge in [-0.15, -0.1) is 4.31 Å². The summed E-state index contributed by atoms with van der Waals surface area (Å²) in [4.78, 5) is 18.4. The van der Waals surface area contributed by atoms with Gasteiger partial charge in [0.1, 0.15) is 11.5 Å². The lowest BCUT2D eigenvalue weighted by atomic mass is 10.2. The van der Waals surface area contributed by atoms with Crippen molar-refractivity contribution >= 4 is 46.3 Å². The van der Waals surface area contributed by atoms with Crippen molar-refractivity contribution in [3.05, 3.63) is 35.2 Å². The molecule has 30 heavy (non-hydrogen) atoms. The van der Waals surface area contributed by atoms with E-state index in [0.717, 1.165) is 57.8 Å². The molecule has 4 N–H and O–H groups in total. The summed E-state index contributed by atoms with van der Waals surface area (Å²) in [5, 5.41) is 6.74. The standard InChI is InChI=1S/C19H25ClN6O3S/c20-15-2-1-13(11-16(15)23-18(27)17-12-29-19(21)24-17)25-7-9-26(10-8-25)30(28)14-3-5-22-6-4-14/h1-2,11-12,14,22H,3-10H2,(H2,21,24)(H,23,27). The van der Waals surface area contributed by atoms with Crippen LogP contribution in [0.15, 0.2) is 28.9 Å². The second kappa shape index (κ2) is 9.44. The quantitative estimate of drug-likeness (QED) is 0.586. The van der Waals surface area contributed by atoms with Crippen molar-refractivity contribution in [1.29, 1.82) is 0 Å². The number of hydrogen-bond donors (Lipinski definition) is 3. The number of nitrogens with one attached hydrogen (secondary N) is 2. The van der Waals surface area contributed by atoms with Crippen LogP contribution < -0.4 is 21.3 Å². The molecule has 1 atom stereocenters. The molecule has 0 spiro atoms. The van der Waals surface area contributed by atoms with Crippen LogP contribution in [0.2, 0.25) is 5.02 Å². The van der Waals surface area contributed by atoms with Crippen LogP contribution >= 0.6 is 11.6 Å². The largest absolute Gasteiger partial charge is 0.598 e. The highest BCUT2D eigenvalue weighted by Gasteiger charge is 2.33. The van der Waals surface area contributed by atoms with Gasteiger partial charge in [-0.1, -0.05) is 11.6 Å². The van der Waals surface area contributed by atoms with Crippen molar-refractivity contribution in [2.45, 2.75) is 18.1 Å². The first-order chi connectivity index (χ1) is 14.5. The van der Waals surface area contributed by atoms with E-state index in [-0.39, 0.29) is 17.0 Å². The third-order valence-corrected chi connectivity index (χ3v) is 7.63. The number of piperidine rings is 1. The van der Waals surface area contributed by atoms with Crippen molar-refractivity contribution in [2.24, 2.45) is 0 Å². The van der Waals surface area contributed by atoms with Gasteiger partial charge >= 0.3 is 0 Å². The van der Waals surface area contributed by atoms with Crippen LogP contribution in [0.3, 0.4) is 0 Å². The molecule has 2 aliphatic heterocycles. The van der Waals surface area contributed by atoms with Crippen LogP contribution in [-0.4, -0.2) is 64.3 Å². The van der Waals surface area contributed by atoms with Gasteiger partial charge in [-0.3, -0.25) is 4.79 Å². The van der Waals surface area contributed by atoms with Crippen LogP contribution in [0.25, 0.3) is 0 Å². The predicted molar refractivity (Wildman–Crippen MR) is 118 cm³/mol. The van der Waals surface area contributed by atoms with Gasteiger partial charge in [0.15, 0.2) is 5.69 Å². The Morgan fingerprint density at radius 3 is 2.70 bits per heavy atom. The number of nitrogen functional groups attached to an aromatic ring is 1. The highest BCUT2D eigenvalue weighted by molar-refractivity contribution is 7.89. The third kappa shape index (κ3) is 4.84. The molecule has 0 radical (unpaired) electrons. The van der Waals surface area contributed by atoms with Crippen LogP contribution in [0.5, 0.6) is 0 Å². The Morgan fingerprint density at radius 2 is 2.03 bits per heavy atom. The van der Waals surface area contributed by atoms with Gasteiger partial charge in [-0.2, -0.15) is 4.98 Å². The van der Waals surface area contributed by atoms with E-state index in [1.54, 1.807) is 6.07 Å². The van der Waals surface area contributed by atoms with E-state index in [4.69, 9.17) is 21.8 Å². The smallest absolute Gasteiger partial charge is 0.292 e. The Hall–Kier alpha value is -1.98. The number of halogens is 1. The van der Waals surface area contributed by atoms with E-state index >= 15 is 0 Å². The van der Waals surface area contributed by atoms with Crippen molar-refractivity contribution in [3.8, 4) is 0 Å². The number of carbonyl (C=O) groups is 1. The lowest BCUT2D eigenvalue weighted by Gasteiger charge is -2.38. The van der Waals surface area contributed by atoms with Crippen molar-refractivity contribution < 1.29 is 13.8 Å². The normalized spacial score (nSPS) is 19.6. The number of carbonyl (C=O) groups excluding carboxylic acids is 1. The molecular weight excluding hydrogens is 428 g/mol. The molecule has 1 unspecified atom stereocenters. The first-order valence-electron chi connectivity index (χ1n) is 9.94. The number of nitrogens with zero attached hydrogens (tertiary/aromatic N) is 3. The fourth-order valence-corrected chi connectivity index (χ4v) is 5.47. The number of oxazole rings is 1. The monoisotopic (exact) mass is 452 g/mol. The van der Waals surface area contributed by atoms with Gasteiger partial charge < -0.3 is 30.2 Å². The molecule has 1 aromatic carbocycles. The van der Waals surface area contributed by atoms with Gasteiger partial charge in [0.25, 0.3) is 11.9 Å². The average molecular weight is 453 g/mol. The van der Waals surface area contributed by atoms with E-state index < -0.39 is 17.3 Å². The fraction of sp³-hybridized carbons (Fsp3) is 0.474. The topological polar surface area (TPSA) is 123 Å². The van der Waals surface area contributed by atoms with Crippen LogP contribution in [0.1, 0.15) is 23.3 Å². The maximum atomic E-state index is 12.9. The second-order valence-corrected chi connectivity index (χ2v) is 9.47. The summed E-state index contributed by atoms with van der Waals surface area (Å²) < 4.78 is 19.8. The molecule has 9 nitrogen and oxygen atoms in total. The molecular formula is C19H25ClN6O3S. The minimum atomic E-state index is -0.937. The summed E-state index contributed by atoms with van der Waals surface area (Å²) in [5.74, 6) is -0.448. The lowest BCUT2D eigenvalue weighted by Crippen LogP contribution is -2.52. The number of hydrogen-bond acceptors (Lipinski definition) is 8. The minimum Gasteiger partial charge on any atom is -0.598 e. The maximum absolute atomic E-state index is 12.9. The first kappa shape index (κ1) is 21.3. The highest BCUT2D eigenvalue weighted by atomic mass is 35.5. The summed E-state index contributed by atoms with van der Waals surface area (Å²) >= 11 is 5.33. The van der Waals surface area contributed by atoms with Crippen molar-refractivity contribution in [1.82, 2.24) is 14.6 Å². The maximum Gasteiger partial charge on any atom is 0.292 e. The lowest BCUT2D eigenvalue weighted by molar-refractivity contribution is 0.102. The second-order valence-electron chi connectivity index (χ2n) is 7.33. The molecule has 1 aromatic heterocycles. The Bertz CT molecular complexity index is 883. The molecule has 162 valence electrons. The average Bonchev–Trinajstić information content (AvgIpc) is 3.22. The van der Waals surface area contributed by atoms with Crippen molar-refractivity contribution in [3.63, 3.8) is 0 Å². The zero-order chi connectivity index (χ0) is 21.1. The number of amides is 1. The van der Waals surface area contributed by atoms with Gasteiger partial charge in [0.2, 0.25) is 0 Å². The molecule has 4 rings (SSSR count). The number of anilines is 3. The van der Waals surface area contributed by atoms with Crippen molar-refractivity contribution in [2.75, 3.05) is 55.2 Å². The number of benzene rings is 1. The Balaban J connectivity index is 1.38. The molecule has 0 saturated carbocycles. The zero-order valence-corrected chi connectivity index (χ0v) is 18.0. The van der Waals surface area contributed by atoms with Gasteiger partial charge in [0, 0.05) is 43.0 Å². The van der Waals surface area contributed by atoms with Crippen LogP contribution in [-0.2, 0) is 11.4 Å². The van der Waals surface area contributed by atoms with E-state index in [0.29, 0.717) is 10.7 Å². The Morgan fingerprint density at radius 1 is 1.30 bits per heavy atom. The Labute approximate surface area is 183 Å². The van der Waals surface area contributed by atoms with E-state index in [1.165, 1.54) is 6.26 Å². The molecule has 2 aromatic rings. The highest BCUT2D eigenvalue weighted by Crippen LogP contribution is 2.29. The minimum absolute atomic E-state index is 0.0697. The summed E-state index contributed by atoms with van der Waals surface area (Å²) in [7, 11) is 0. The summed E-state index contributed by atoms with van der Waals surface area (Å²) in [6.07, 6.45) is 3.12. The SMILES string of the molecule is Nc1nc(C(=O)Nc2cc(N3CCN([S+]([O-])C4CCNCC4)CC3)ccc2Cl)co1. The molecule has 1 amide bonds. The summed E-state index contributed by atoms with van der Waals surface area (Å²) in [6.45, 7) is 4.86. The van der Waals surface area contributed by atoms with E-state index in [1.807, 2.05) is 12.1 Å². The fourth-order valence-electron chi connectivity index (χ4n) is 3.72. The summed E-state index contributed by atoms with van der Waals surface area (Å²) in [6, 6.07) is 5.44. The summed E-state index contributed by atoms with van der Waals surface area (Å²) in [5.41, 5.74) is 6.94. The zero-order valence-electron chi connectivity index (χ0n) is 16.5. The first-order valence-corrected chi connectivity index (χ1v) is 11.5. The third-order valence-electron chi connectivity index (χ3n) is 5.38. The molecule has 3 heterocycles. The molecule has 2 fully saturated rings. The van der Waals surface area contributed by atoms with Crippen LogP contribution in [0.4, 0.5) is 17.4 Å². The van der Waals surface area contributed by atoms with Gasteiger partial charge in [-0.05, 0) is 31.3 Å². The number of nitrogens with two attached hydrogens (primary N) is 1. The van der Waals surface area contributed by atoms with E-state index in [2.05, 4.69) is 24.8 Å². The predicted octanol–water partition coefficient (Wildman–Crippen LogP) is 1.70. The molecule has 0 aliphatic carbocycles. The molecule has 11 heteroatoms. The van der Waals surface area contributed by atoms with Gasteiger partial charge in [-0.25, -0.2) is 0 Å². The van der Waals surface area contributed by atoms with E-state index in [9.17, 15) is 9.35 Å².